The Morgan fingerprint density at radius 3 is 2.67 bits per heavy atom. The van der Waals surface area contributed by atoms with Gasteiger partial charge in [-0.2, -0.15) is 0 Å². The molecular weight excluding hydrogens is 404 g/mol. The van der Waals surface area contributed by atoms with Crippen LogP contribution in [0, 0.1) is 0 Å². The number of rotatable bonds is 6. The zero-order valence-electron chi connectivity index (χ0n) is 16.2. The number of H-pyrrole nitrogens is 1. The highest BCUT2D eigenvalue weighted by molar-refractivity contribution is 7.92. The van der Waals surface area contributed by atoms with Crippen molar-refractivity contribution in [2.24, 2.45) is 0 Å². The van der Waals surface area contributed by atoms with Gasteiger partial charge in [0.25, 0.3) is 10.0 Å². The van der Waals surface area contributed by atoms with Crippen molar-refractivity contribution in [1.82, 2.24) is 4.98 Å². The van der Waals surface area contributed by atoms with Gasteiger partial charge < -0.3 is 9.72 Å². The molecule has 1 aliphatic heterocycles. The van der Waals surface area contributed by atoms with Crippen molar-refractivity contribution in [3.8, 4) is 0 Å². The summed E-state index contributed by atoms with van der Waals surface area (Å²) in [4.78, 5) is 27.1. The van der Waals surface area contributed by atoms with Gasteiger partial charge in [0.1, 0.15) is 0 Å². The van der Waals surface area contributed by atoms with Gasteiger partial charge in [-0.3, -0.25) is 9.10 Å². The first-order valence-corrected chi connectivity index (χ1v) is 10.9. The number of ether oxygens (including phenoxy) is 1. The van der Waals surface area contributed by atoms with Gasteiger partial charge in [-0.05, 0) is 55.3 Å². The van der Waals surface area contributed by atoms with E-state index in [-0.39, 0.29) is 22.3 Å². The van der Waals surface area contributed by atoms with E-state index in [0.717, 1.165) is 5.56 Å². The maximum absolute atomic E-state index is 13.3. The standard InChI is InChI=1S/C22H20N2O5S/c1-15-12-16-6-2-3-10-20(16)24(15)30(27,28)18-8-4-7-17(13-18)22(26)29-14-21(25)19-9-5-11-23-19/h2-11,13,15,23H,12,14H2,1H3/t15-/m0/s1. The molecule has 154 valence electrons. The van der Waals surface area contributed by atoms with Gasteiger partial charge in [0.2, 0.25) is 5.78 Å². The molecule has 3 aromatic rings. The maximum atomic E-state index is 13.3. The molecule has 0 saturated heterocycles. The highest BCUT2D eigenvalue weighted by atomic mass is 32.2. The number of nitrogens with zero attached hydrogens (tertiary/aromatic N) is 1. The number of nitrogens with one attached hydrogen (secondary N) is 1. The summed E-state index contributed by atoms with van der Waals surface area (Å²) < 4.78 is 33.1. The Morgan fingerprint density at radius 2 is 1.90 bits per heavy atom. The quantitative estimate of drug-likeness (QED) is 0.484. The smallest absolute Gasteiger partial charge is 0.338 e. The number of aromatic amines is 1. The Bertz CT molecular complexity index is 1200. The Morgan fingerprint density at radius 1 is 1.10 bits per heavy atom. The molecule has 1 aliphatic rings. The summed E-state index contributed by atoms with van der Waals surface area (Å²) in [7, 11) is -3.87. The third-order valence-electron chi connectivity index (χ3n) is 5.00. The van der Waals surface area contributed by atoms with E-state index in [1.54, 1.807) is 30.5 Å². The summed E-state index contributed by atoms with van der Waals surface area (Å²) in [5, 5.41) is 0. The summed E-state index contributed by atoms with van der Waals surface area (Å²) in [5.41, 5.74) is 2.01. The fourth-order valence-corrected chi connectivity index (χ4v) is 5.34. The average Bonchev–Trinajstić information content (AvgIpc) is 3.39. The third kappa shape index (κ3) is 3.61. The summed E-state index contributed by atoms with van der Waals surface area (Å²) in [5.74, 6) is -1.14. The van der Waals surface area contributed by atoms with Gasteiger partial charge >= 0.3 is 5.97 Å². The van der Waals surface area contributed by atoms with Crippen LogP contribution in [0.1, 0.15) is 33.3 Å². The van der Waals surface area contributed by atoms with E-state index in [4.69, 9.17) is 4.74 Å². The summed E-state index contributed by atoms with van der Waals surface area (Å²) in [6, 6.07) is 16.1. The fraction of sp³-hybridized carbons (Fsp3) is 0.182. The van der Waals surface area contributed by atoms with E-state index in [2.05, 4.69) is 4.98 Å². The molecule has 4 rings (SSSR count). The maximum Gasteiger partial charge on any atom is 0.338 e. The van der Waals surface area contributed by atoms with Crippen LogP contribution in [0.3, 0.4) is 0 Å². The van der Waals surface area contributed by atoms with Crippen molar-refractivity contribution in [1.29, 1.82) is 0 Å². The van der Waals surface area contributed by atoms with Gasteiger partial charge in [-0.25, -0.2) is 13.2 Å². The van der Waals surface area contributed by atoms with Crippen LogP contribution < -0.4 is 4.31 Å². The van der Waals surface area contributed by atoms with E-state index in [1.165, 1.54) is 28.6 Å². The minimum Gasteiger partial charge on any atom is -0.454 e. The first-order valence-electron chi connectivity index (χ1n) is 9.44. The number of ketones is 1. The van der Waals surface area contributed by atoms with Crippen molar-refractivity contribution in [3.63, 3.8) is 0 Å². The molecule has 0 saturated carbocycles. The lowest BCUT2D eigenvalue weighted by atomic mass is 10.1. The topological polar surface area (TPSA) is 96.5 Å². The Labute approximate surface area is 174 Å². The number of benzene rings is 2. The lowest BCUT2D eigenvalue weighted by molar-refractivity contribution is 0.0473. The second-order valence-corrected chi connectivity index (χ2v) is 8.91. The van der Waals surface area contributed by atoms with E-state index >= 15 is 0 Å². The average molecular weight is 424 g/mol. The molecule has 8 heteroatoms. The third-order valence-corrected chi connectivity index (χ3v) is 6.93. The summed E-state index contributed by atoms with van der Waals surface area (Å²) in [6.07, 6.45) is 2.22. The first kappa shape index (κ1) is 19.9. The molecule has 0 amide bonds. The Kier molecular flexibility index (Phi) is 5.17. The van der Waals surface area contributed by atoms with Crippen LogP contribution in [0.4, 0.5) is 5.69 Å². The number of hydrogen-bond acceptors (Lipinski definition) is 5. The molecule has 0 bridgehead atoms. The van der Waals surface area contributed by atoms with Crippen molar-refractivity contribution in [3.05, 3.63) is 83.7 Å². The van der Waals surface area contributed by atoms with Crippen LogP contribution in [0.2, 0.25) is 0 Å². The SMILES string of the molecule is C[C@H]1Cc2ccccc2N1S(=O)(=O)c1cccc(C(=O)OCC(=O)c2ccc[nH]2)c1. The normalized spacial score (nSPS) is 15.6. The van der Waals surface area contributed by atoms with Crippen molar-refractivity contribution < 1.29 is 22.7 Å². The molecule has 0 aliphatic carbocycles. The number of fused-ring (bicyclic) bond motifs is 1. The number of para-hydroxylation sites is 1. The number of sulfonamides is 1. The molecular formula is C22H20N2O5S. The number of anilines is 1. The second kappa shape index (κ2) is 7.79. The minimum atomic E-state index is -3.87. The number of carbonyl (C=O) groups excluding carboxylic acids is 2. The molecule has 7 nitrogen and oxygen atoms in total. The van der Waals surface area contributed by atoms with Crippen LogP contribution >= 0.6 is 0 Å². The molecule has 1 atom stereocenters. The lowest BCUT2D eigenvalue weighted by Gasteiger charge is -2.24. The highest BCUT2D eigenvalue weighted by Gasteiger charge is 2.36. The summed E-state index contributed by atoms with van der Waals surface area (Å²) >= 11 is 0. The number of aromatic nitrogens is 1. The lowest BCUT2D eigenvalue weighted by Crippen LogP contribution is -2.35. The largest absolute Gasteiger partial charge is 0.454 e. The number of Topliss-reactive ketones (excluding diaryl/α,β-unsaturated/α-hetero) is 1. The fourth-order valence-electron chi connectivity index (χ4n) is 3.60. The van der Waals surface area contributed by atoms with Crippen molar-refractivity contribution in [2.75, 3.05) is 10.9 Å². The van der Waals surface area contributed by atoms with Crippen LogP contribution in [0.25, 0.3) is 0 Å². The number of hydrogen-bond donors (Lipinski definition) is 1. The van der Waals surface area contributed by atoms with E-state index < -0.39 is 22.6 Å². The zero-order chi connectivity index (χ0) is 21.3. The number of esters is 1. The van der Waals surface area contributed by atoms with Gasteiger partial charge in [0, 0.05) is 12.2 Å². The van der Waals surface area contributed by atoms with Crippen LogP contribution in [-0.4, -0.2) is 37.8 Å². The van der Waals surface area contributed by atoms with Crippen molar-refractivity contribution >= 4 is 27.5 Å². The predicted molar refractivity (Wildman–Crippen MR) is 111 cm³/mol. The van der Waals surface area contributed by atoms with E-state index in [0.29, 0.717) is 17.8 Å². The highest BCUT2D eigenvalue weighted by Crippen LogP contribution is 2.36. The van der Waals surface area contributed by atoms with Gasteiger partial charge in [-0.1, -0.05) is 24.3 Å². The van der Waals surface area contributed by atoms with Crippen LogP contribution in [0.15, 0.2) is 71.8 Å². The molecule has 0 spiro atoms. The second-order valence-electron chi connectivity index (χ2n) is 7.09. The van der Waals surface area contributed by atoms with E-state index in [9.17, 15) is 18.0 Å². The molecule has 0 fully saturated rings. The van der Waals surface area contributed by atoms with Crippen molar-refractivity contribution in [2.45, 2.75) is 24.3 Å². The Hall–Kier alpha value is -3.39. The van der Waals surface area contributed by atoms with Crippen LogP contribution in [0.5, 0.6) is 0 Å². The monoisotopic (exact) mass is 424 g/mol. The molecule has 2 heterocycles. The minimum absolute atomic E-state index is 0.00352. The molecule has 0 radical (unpaired) electrons. The first-order chi connectivity index (χ1) is 14.4. The molecule has 0 unspecified atom stereocenters. The molecule has 2 aromatic carbocycles. The molecule has 30 heavy (non-hydrogen) atoms. The predicted octanol–water partition coefficient (Wildman–Crippen LogP) is 3.19. The van der Waals surface area contributed by atoms with Crippen LogP contribution in [-0.2, 0) is 21.2 Å². The summed E-state index contributed by atoms with van der Waals surface area (Å²) in [6.45, 7) is 1.41. The van der Waals surface area contributed by atoms with Gasteiger partial charge in [-0.15, -0.1) is 0 Å². The zero-order valence-corrected chi connectivity index (χ0v) is 17.1. The molecule has 1 aromatic heterocycles. The van der Waals surface area contributed by atoms with E-state index in [1.807, 2.05) is 19.1 Å². The Balaban J connectivity index is 1.55. The van der Waals surface area contributed by atoms with Gasteiger partial charge in [0.15, 0.2) is 6.61 Å². The van der Waals surface area contributed by atoms with Gasteiger partial charge in [0.05, 0.1) is 21.8 Å². The number of carbonyl (C=O) groups is 2. The molecule has 1 N–H and O–H groups in total.